The average Bonchev–Trinajstić information content (AvgIpc) is 2.67. The van der Waals surface area contributed by atoms with Gasteiger partial charge in [-0.2, -0.15) is 0 Å². The maximum Gasteiger partial charge on any atom is 0.414 e. The summed E-state index contributed by atoms with van der Waals surface area (Å²) in [5.41, 5.74) is 2.79. The van der Waals surface area contributed by atoms with Crippen LogP contribution in [0.5, 0.6) is 11.5 Å². The summed E-state index contributed by atoms with van der Waals surface area (Å²) < 4.78 is 10.9. The first-order valence-corrected chi connectivity index (χ1v) is 8.62. The van der Waals surface area contributed by atoms with Gasteiger partial charge in [0.1, 0.15) is 29.3 Å². The van der Waals surface area contributed by atoms with E-state index in [0.29, 0.717) is 17.0 Å². The van der Waals surface area contributed by atoms with Crippen molar-refractivity contribution in [2.45, 2.75) is 13.8 Å². The molecule has 0 fully saturated rings. The van der Waals surface area contributed by atoms with Gasteiger partial charge in [0.05, 0.1) is 7.11 Å². The zero-order valence-electron chi connectivity index (χ0n) is 16.0. The number of para-hydroxylation sites is 2. The van der Waals surface area contributed by atoms with E-state index >= 15 is 0 Å². The smallest absolute Gasteiger partial charge is 0.414 e. The number of thiocarbonyl (C=S) groups is 1. The number of hydrogen-bond acceptors (Lipinski definition) is 6. The highest BCUT2D eigenvalue weighted by molar-refractivity contribution is 7.82. The predicted octanol–water partition coefficient (Wildman–Crippen LogP) is 4.47. The SMILES string of the molecule is CON=C(C(=S)N(C)C(=O)OC)c1cccc(C)c1Oc1ccccc1C. The maximum atomic E-state index is 11.9. The van der Waals surface area contributed by atoms with Crippen LogP contribution in [-0.2, 0) is 9.57 Å². The van der Waals surface area contributed by atoms with Gasteiger partial charge in [-0.25, -0.2) is 4.79 Å². The molecule has 0 aliphatic carbocycles. The number of benzene rings is 2. The lowest BCUT2D eigenvalue weighted by atomic mass is 10.0. The van der Waals surface area contributed by atoms with Gasteiger partial charge in [0.2, 0.25) is 0 Å². The summed E-state index contributed by atoms with van der Waals surface area (Å²) in [5.74, 6) is 1.31. The fraction of sp³-hybridized carbons (Fsp3) is 0.250. The van der Waals surface area contributed by atoms with Crippen LogP contribution >= 0.6 is 12.2 Å². The lowest BCUT2D eigenvalue weighted by Gasteiger charge is -2.20. The number of likely N-dealkylation sites (N-methyl/N-ethyl adjacent to an activating group) is 1. The van der Waals surface area contributed by atoms with Gasteiger partial charge in [-0.3, -0.25) is 4.90 Å². The van der Waals surface area contributed by atoms with E-state index in [1.165, 1.54) is 26.2 Å². The Balaban J connectivity index is 2.53. The molecule has 0 spiro atoms. The highest BCUT2D eigenvalue weighted by Crippen LogP contribution is 2.32. The summed E-state index contributed by atoms with van der Waals surface area (Å²) in [7, 11) is 4.21. The molecule has 6 nitrogen and oxygen atoms in total. The normalized spacial score (nSPS) is 10.9. The molecule has 2 aromatic rings. The number of ether oxygens (including phenoxy) is 2. The lowest BCUT2D eigenvalue weighted by molar-refractivity contribution is 0.153. The molecule has 0 saturated heterocycles. The van der Waals surface area contributed by atoms with Gasteiger partial charge in [-0.15, -0.1) is 0 Å². The second-order valence-electron chi connectivity index (χ2n) is 5.78. The first kappa shape index (κ1) is 20.4. The first-order valence-electron chi connectivity index (χ1n) is 8.21. The maximum absolute atomic E-state index is 11.9. The fourth-order valence-corrected chi connectivity index (χ4v) is 2.65. The summed E-state index contributed by atoms with van der Waals surface area (Å²) in [6, 6.07) is 13.3. The molecule has 0 aromatic heterocycles. The van der Waals surface area contributed by atoms with Crippen molar-refractivity contribution in [1.29, 1.82) is 0 Å². The van der Waals surface area contributed by atoms with Crippen LogP contribution in [0, 0.1) is 13.8 Å². The third kappa shape index (κ3) is 4.62. The molecule has 0 aliphatic heterocycles. The molecule has 0 N–H and O–H groups in total. The van der Waals surface area contributed by atoms with Crippen LogP contribution in [-0.4, -0.2) is 43.0 Å². The highest BCUT2D eigenvalue weighted by Gasteiger charge is 2.24. The third-order valence-corrected chi connectivity index (χ3v) is 4.38. The molecular weight excluding hydrogens is 364 g/mol. The molecule has 0 unspecified atom stereocenters. The van der Waals surface area contributed by atoms with Gasteiger partial charge < -0.3 is 14.3 Å². The zero-order chi connectivity index (χ0) is 20.0. The topological polar surface area (TPSA) is 60.4 Å². The largest absolute Gasteiger partial charge is 0.456 e. The molecule has 1 amide bonds. The van der Waals surface area contributed by atoms with Crippen LogP contribution in [0.25, 0.3) is 0 Å². The Morgan fingerprint density at radius 3 is 2.33 bits per heavy atom. The number of rotatable bonds is 5. The second kappa shape index (κ2) is 9.14. The number of methoxy groups -OCH3 is 1. The van der Waals surface area contributed by atoms with Crippen molar-refractivity contribution in [1.82, 2.24) is 4.90 Å². The standard InChI is InChI=1S/C20H22N2O4S/c1-13-9-6-7-12-16(13)26-18-14(2)10-8-11-15(18)17(21-25-5)19(27)22(3)20(23)24-4/h6-12H,1-5H3. The molecule has 2 aromatic carbocycles. The van der Waals surface area contributed by atoms with Crippen LogP contribution < -0.4 is 4.74 Å². The average molecular weight is 386 g/mol. The van der Waals surface area contributed by atoms with Crippen molar-refractivity contribution in [3.05, 3.63) is 59.2 Å². The van der Waals surface area contributed by atoms with Gasteiger partial charge in [-0.1, -0.05) is 47.7 Å². The summed E-state index contributed by atoms with van der Waals surface area (Å²) in [4.78, 5) is 18.2. The number of nitrogens with zero attached hydrogens (tertiary/aromatic N) is 2. The number of carbonyl (C=O) groups excluding carboxylic acids is 1. The van der Waals surface area contributed by atoms with Gasteiger partial charge in [0, 0.05) is 12.6 Å². The number of amides is 1. The van der Waals surface area contributed by atoms with Crippen molar-refractivity contribution in [2.24, 2.45) is 5.16 Å². The zero-order valence-corrected chi connectivity index (χ0v) is 16.8. The van der Waals surface area contributed by atoms with Crippen LogP contribution in [0.2, 0.25) is 0 Å². The van der Waals surface area contributed by atoms with Crippen LogP contribution in [0.15, 0.2) is 47.6 Å². The monoisotopic (exact) mass is 386 g/mol. The Morgan fingerprint density at radius 2 is 1.70 bits per heavy atom. The number of carbonyl (C=O) groups is 1. The number of oxime groups is 1. The molecule has 0 heterocycles. The second-order valence-corrected chi connectivity index (χ2v) is 6.16. The molecule has 0 aliphatic rings. The van der Waals surface area contributed by atoms with Crippen molar-refractivity contribution >= 4 is 29.0 Å². The Bertz CT molecular complexity index is 880. The van der Waals surface area contributed by atoms with Crippen molar-refractivity contribution in [2.75, 3.05) is 21.3 Å². The molecule has 27 heavy (non-hydrogen) atoms. The molecule has 0 radical (unpaired) electrons. The molecule has 7 heteroatoms. The Hall–Kier alpha value is -2.93. The third-order valence-electron chi connectivity index (χ3n) is 3.91. The molecule has 0 atom stereocenters. The van der Waals surface area contributed by atoms with Crippen molar-refractivity contribution in [3.8, 4) is 11.5 Å². The molecule has 2 rings (SSSR count). The van der Waals surface area contributed by atoms with Crippen molar-refractivity contribution < 1.29 is 19.1 Å². The molecule has 0 saturated carbocycles. The minimum Gasteiger partial charge on any atom is -0.456 e. The number of aryl methyl sites for hydroxylation is 2. The molecule has 0 bridgehead atoms. The minimum absolute atomic E-state index is 0.156. The summed E-state index contributed by atoms with van der Waals surface area (Å²) in [6.45, 7) is 3.89. The van der Waals surface area contributed by atoms with Crippen LogP contribution in [0.4, 0.5) is 4.79 Å². The van der Waals surface area contributed by atoms with E-state index < -0.39 is 6.09 Å². The Kier molecular flexibility index (Phi) is 6.90. The fourth-order valence-electron chi connectivity index (χ4n) is 2.43. The summed E-state index contributed by atoms with van der Waals surface area (Å²) >= 11 is 5.44. The molecular formula is C20H22N2O4S. The molecule has 142 valence electrons. The Morgan fingerprint density at radius 1 is 1.04 bits per heavy atom. The van der Waals surface area contributed by atoms with Crippen LogP contribution in [0.1, 0.15) is 16.7 Å². The lowest BCUT2D eigenvalue weighted by Crippen LogP contribution is -2.37. The summed E-state index contributed by atoms with van der Waals surface area (Å²) in [5, 5.41) is 4.04. The predicted molar refractivity (Wildman–Crippen MR) is 109 cm³/mol. The highest BCUT2D eigenvalue weighted by atomic mass is 32.1. The van der Waals surface area contributed by atoms with E-state index in [4.69, 9.17) is 26.5 Å². The van der Waals surface area contributed by atoms with Gasteiger partial charge >= 0.3 is 6.09 Å². The van der Waals surface area contributed by atoms with E-state index in [2.05, 4.69) is 5.16 Å². The van der Waals surface area contributed by atoms with E-state index in [0.717, 1.165) is 16.9 Å². The number of hydrogen-bond donors (Lipinski definition) is 0. The van der Waals surface area contributed by atoms with Gasteiger partial charge in [-0.05, 0) is 37.1 Å². The Labute approximate surface area is 164 Å². The van der Waals surface area contributed by atoms with Gasteiger partial charge in [0.15, 0.2) is 0 Å². The van der Waals surface area contributed by atoms with E-state index in [9.17, 15) is 4.79 Å². The van der Waals surface area contributed by atoms with Crippen molar-refractivity contribution in [3.63, 3.8) is 0 Å². The van der Waals surface area contributed by atoms with E-state index in [-0.39, 0.29) is 4.99 Å². The summed E-state index contributed by atoms with van der Waals surface area (Å²) in [6.07, 6.45) is -0.599. The van der Waals surface area contributed by atoms with Crippen LogP contribution in [0.3, 0.4) is 0 Å². The van der Waals surface area contributed by atoms with Gasteiger partial charge in [0.25, 0.3) is 0 Å². The van der Waals surface area contributed by atoms with E-state index in [1.54, 1.807) is 0 Å². The quantitative estimate of drug-likeness (QED) is 0.431. The minimum atomic E-state index is -0.599. The first-order chi connectivity index (χ1) is 12.9. The van der Waals surface area contributed by atoms with E-state index in [1.807, 2.05) is 56.3 Å².